The van der Waals surface area contributed by atoms with Crippen molar-refractivity contribution >= 4 is 21.8 Å². The highest BCUT2D eigenvalue weighted by Crippen LogP contribution is 2.13. The number of nitrogens with one attached hydrogen (secondary N) is 1. The van der Waals surface area contributed by atoms with E-state index in [1.54, 1.807) is 10.6 Å². The lowest BCUT2D eigenvalue weighted by Gasteiger charge is -2.03. The van der Waals surface area contributed by atoms with Crippen molar-refractivity contribution in [3.8, 4) is 0 Å². The van der Waals surface area contributed by atoms with Crippen LogP contribution < -0.4 is 5.32 Å². The molecule has 15 heavy (non-hydrogen) atoms. The number of carbonyl (C=O) groups excluding carboxylic acids is 1. The Balaban J connectivity index is 2.62. The van der Waals surface area contributed by atoms with Crippen LogP contribution in [-0.2, 0) is 7.05 Å². The van der Waals surface area contributed by atoms with Crippen molar-refractivity contribution in [3.05, 3.63) is 34.1 Å². The van der Waals surface area contributed by atoms with Gasteiger partial charge in [-0.25, -0.2) is 0 Å². The fraction of sp³-hybridized carbons (Fsp3) is 0.364. The normalized spacial score (nSPS) is 9.87. The van der Waals surface area contributed by atoms with Gasteiger partial charge in [-0.2, -0.15) is 0 Å². The average Bonchev–Trinajstić information content (AvgIpc) is 2.44. The number of hydrogen-bond acceptors (Lipinski definition) is 1. The predicted molar refractivity (Wildman–Crippen MR) is 64.9 cm³/mol. The largest absolute Gasteiger partial charge is 0.347 e. The molecule has 1 heterocycles. The first-order valence-corrected chi connectivity index (χ1v) is 5.53. The molecule has 0 aliphatic rings. The van der Waals surface area contributed by atoms with Crippen LogP contribution in [0.5, 0.6) is 0 Å². The van der Waals surface area contributed by atoms with Crippen LogP contribution in [0.1, 0.15) is 24.3 Å². The van der Waals surface area contributed by atoms with E-state index in [9.17, 15) is 4.79 Å². The third kappa shape index (κ3) is 3.55. The molecule has 0 aliphatic carbocycles. The van der Waals surface area contributed by atoms with Gasteiger partial charge in [-0.05, 0) is 35.8 Å². The van der Waals surface area contributed by atoms with Crippen LogP contribution in [0, 0.1) is 0 Å². The molecule has 0 bridgehead atoms. The fourth-order valence-electron chi connectivity index (χ4n) is 1.19. The van der Waals surface area contributed by atoms with Gasteiger partial charge in [0.1, 0.15) is 5.69 Å². The molecule has 82 valence electrons. The number of aromatic nitrogens is 1. The standard InChI is InChI=1S/C11H15BrN2O/c1-8(2)4-5-13-11(15)10-6-9(12)7-14(10)3/h4,6-7H,5H2,1-3H3,(H,13,15). The van der Waals surface area contributed by atoms with Crippen molar-refractivity contribution < 1.29 is 4.79 Å². The minimum absolute atomic E-state index is 0.0549. The van der Waals surface area contributed by atoms with Crippen molar-refractivity contribution in [2.75, 3.05) is 6.54 Å². The maximum Gasteiger partial charge on any atom is 0.268 e. The van der Waals surface area contributed by atoms with E-state index in [2.05, 4.69) is 21.2 Å². The zero-order chi connectivity index (χ0) is 11.4. The molecular formula is C11H15BrN2O. The molecule has 1 amide bonds. The Morgan fingerprint density at radius 1 is 1.60 bits per heavy atom. The third-order valence-corrected chi connectivity index (χ3v) is 2.41. The van der Waals surface area contributed by atoms with Gasteiger partial charge in [-0.3, -0.25) is 4.79 Å². The molecule has 0 saturated carbocycles. The number of nitrogens with zero attached hydrogens (tertiary/aromatic N) is 1. The van der Waals surface area contributed by atoms with Crippen LogP contribution >= 0.6 is 15.9 Å². The summed E-state index contributed by atoms with van der Waals surface area (Å²) in [7, 11) is 1.85. The molecular weight excluding hydrogens is 256 g/mol. The van der Waals surface area contributed by atoms with E-state index in [1.165, 1.54) is 5.57 Å². The first-order chi connectivity index (χ1) is 7.00. The summed E-state index contributed by atoms with van der Waals surface area (Å²) >= 11 is 3.33. The van der Waals surface area contributed by atoms with Crippen LogP contribution in [0.3, 0.4) is 0 Å². The minimum Gasteiger partial charge on any atom is -0.347 e. The van der Waals surface area contributed by atoms with Crippen molar-refractivity contribution in [1.29, 1.82) is 0 Å². The van der Waals surface area contributed by atoms with Crippen molar-refractivity contribution in [2.45, 2.75) is 13.8 Å². The summed E-state index contributed by atoms with van der Waals surface area (Å²) in [5, 5.41) is 2.83. The van der Waals surface area contributed by atoms with Crippen molar-refractivity contribution in [1.82, 2.24) is 9.88 Å². The summed E-state index contributed by atoms with van der Waals surface area (Å²) in [4.78, 5) is 11.7. The monoisotopic (exact) mass is 270 g/mol. The molecule has 1 aromatic heterocycles. The smallest absolute Gasteiger partial charge is 0.268 e. The van der Waals surface area contributed by atoms with E-state index in [1.807, 2.05) is 33.2 Å². The van der Waals surface area contributed by atoms with Gasteiger partial charge in [0, 0.05) is 24.3 Å². The van der Waals surface area contributed by atoms with Gasteiger partial charge >= 0.3 is 0 Å². The summed E-state index contributed by atoms with van der Waals surface area (Å²) in [5.74, 6) is -0.0549. The highest BCUT2D eigenvalue weighted by molar-refractivity contribution is 9.10. The van der Waals surface area contributed by atoms with Gasteiger partial charge < -0.3 is 9.88 Å². The topological polar surface area (TPSA) is 34.0 Å². The molecule has 0 spiro atoms. The summed E-state index contributed by atoms with van der Waals surface area (Å²) in [5.41, 5.74) is 1.85. The van der Waals surface area contributed by atoms with Crippen LogP contribution in [0.25, 0.3) is 0 Å². The second-order valence-electron chi connectivity index (χ2n) is 3.65. The van der Waals surface area contributed by atoms with E-state index in [0.29, 0.717) is 12.2 Å². The lowest BCUT2D eigenvalue weighted by atomic mass is 10.3. The quantitative estimate of drug-likeness (QED) is 0.842. The van der Waals surface area contributed by atoms with Gasteiger partial charge in [0.25, 0.3) is 5.91 Å². The van der Waals surface area contributed by atoms with E-state index < -0.39 is 0 Å². The molecule has 1 N–H and O–H groups in total. The van der Waals surface area contributed by atoms with Gasteiger partial charge in [-0.15, -0.1) is 0 Å². The van der Waals surface area contributed by atoms with Crippen LogP contribution in [0.2, 0.25) is 0 Å². The van der Waals surface area contributed by atoms with Gasteiger partial charge in [-0.1, -0.05) is 11.6 Å². The maximum absolute atomic E-state index is 11.7. The van der Waals surface area contributed by atoms with Gasteiger partial charge in [0.2, 0.25) is 0 Å². The van der Waals surface area contributed by atoms with Gasteiger partial charge in [0.15, 0.2) is 0 Å². The van der Waals surface area contributed by atoms with Crippen molar-refractivity contribution in [3.63, 3.8) is 0 Å². The summed E-state index contributed by atoms with van der Waals surface area (Å²) < 4.78 is 2.71. The first-order valence-electron chi connectivity index (χ1n) is 4.74. The number of carbonyl (C=O) groups is 1. The Labute approximate surface area is 98.3 Å². The van der Waals surface area contributed by atoms with Crippen LogP contribution in [0.15, 0.2) is 28.4 Å². The summed E-state index contributed by atoms with van der Waals surface area (Å²) in [6, 6.07) is 1.80. The lowest BCUT2D eigenvalue weighted by molar-refractivity contribution is 0.0950. The predicted octanol–water partition coefficient (Wildman–Crippen LogP) is 2.48. The summed E-state index contributed by atoms with van der Waals surface area (Å²) in [6.07, 6.45) is 3.84. The number of aryl methyl sites for hydroxylation is 1. The number of halogens is 1. The Bertz CT molecular complexity index is 389. The average molecular weight is 271 g/mol. The van der Waals surface area contributed by atoms with E-state index in [0.717, 1.165) is 4.47 Å². The lowest BCUT2D eigenvalue weighted by Crippen LogP contribution is -2.25. The molecule has 0 atom stereocenters. The third-order valence-electron chi connectivity index (χ3n) is 1.98. The highest BCUT2D eigenvalue weighted by Gasteiger charge is 2.09. The SMILES string of the molecule is CC(C)=CCNC(=O)c1cc(Br)cn1C. The second kappa shape index (κ2) is 5.16. The van der Waals surface area contributed by atoms with E-state index in [-0.39, 0.29) is 5.91 Å². The Morgan fingerprint density at radius 2 is 2.27 bits per heavy atom. The zero-order valence-electron chi connectivity index (χ0n) is 9.17. The minimum atomic E-state index is -0.0549. The number of allylic oxidation sites excluding steroid dienone is 1. The molecule has 4 heteroatoms. The Hall–Kier alpha value is -1.03. The van der Waals surface area contributed by atoms with Crippen LogP contribution in [-0.4, -0.2) is 17.0 Å². The zero-order valence-corrected chi connectivity index (χ0v) is 10.8. The maximum atomic E-state index is 11.7. The van der Waals surface area contributed by atoms with E-state index in [4.69, 9.17) is 0 Å². The van der Waals surface area contributed by atoms with Crippen molar-refractivity contribution in [2.24, 2.45) is 7.05 Å². The fourth-order valence-corrected chi connectivity index (χ4v) is 1.71. The highest BCUT2D eigenvalue weighted by atomic mass is 79.9. The molecule has 1 rings (SSSR count). The summed E-state index contributed by atoms with van der Waals surface area (Å²) in [6.45, 7) is 4.58. The molecule has 0 unspecified atom stereocenters. The molecule has 0 saturated heterocycles. The molecule has 1 aromatic rings. The Kier molecular flexibility index (Phi) is 4.15. The molecule has 0 radical (unpaired) electrons. The molecule has 3 nitrogen and oxygen atoms in total. The number of amides is 1. The molecule has 0 aliphatic heterocycles. The molecule has 0 aromatic carbocycles. The number of hydrogen-bond donors (Lipinski definition) is 1. The van der Waals surface area contributed by atoms with Gasteiger partial charge in [0.05, 0.1) is 0 Å². The Morgan fingerprint density at radius 3 is 2.73 bits per heavy atom. The second-order valence-corrected chi connectivity index (χ2v) is 4.56. The number of rotatable bonds is 3. The van der Waals surface area contributed by atoms with Crippen LogP contribution in [0.4, 0.5) is 0 Å². The first kappa shape index (κ1) is 12.0. The molecule has 0 fully saturated rings. The van der Waals surface area contributed by atoms with E-state index >= 15 is 0 Å².